The summed E-state index contributed by atoms with van der Waals surface area (Å²) in [6.07, 6.45) is 0. The van der Waals surface area contributed by atoms with Gasteiger partial charge in [0.2, 0.25) is 0 Å². The van der Waals surface area contributed by atoms with Crippen LogP contribution in [0.2, 0.25) is 0 Å². The Kier molecular flexibility index (Phi) is 3.25. The summed E-state index contributed by atoms with van der Waals surface area (Å²) < 4.78 is 0. The molecule has 0 fully saturated rings. The molecule has 1 unspecified atom stereocenters. The van der Waals surface area contributed by atoms with E-state index in [0.717, 1.165) is 0 Å². The van der Waals surface area contributed by atoms with Gasteiger partial charge in [-0.25, -0.2) is 0 Å². The van der Waals surface area contributed by atoms with Crippen LogP contribution in [0.5, 0.6) is 0 Å². The lowest BCUT2D eigenvalue weighted by molar-refractivity contribution is 0.347. The number of hydrogen-bond acceptors (Lipinski definition) is 1. The highest BCUT2D eigenvalue weighted by Gasteiger charge is 2.28. The Morgan fingerprint density at radius 3 is 1.80 bits per heavy atom. The van der Waals surface area contributed by atoms with Gasteiger partial charge in [0.25, 0.3) is 0 Å². The van der Waals surface area contributed by atoms with E-state index in [4.69, 9.17) is 5.73 Å². The predicted octanol–water partition coefficient (Wildman–Crippen LogP) is 3.44. The maximum atomic E-state index is 6.43. The first-order valence-corrected chi connectivity index (χ1v) is 5.64. The van der Waals surface area contributed by atoms with Gasteiger partial charge in [-0.2, -0.15) is 0 Å². The van der Waals surface area contributed by atoms with Crippen LogP contribution in [0.25, 0.3) is 0 Å². The van der Waals surface area contributed by atoms with E-state index in [1.807, 2.05) is 0 Å². The smallest absolute Gasteiger partial charge is 0.0409 e. The number of hydrogen-bond donors (Lipinski definition) is 1. The van der Waals surface area contributed by atoms with Gasteiger partial charge in [-0.1, -0.05) is 31.5 Å². The van der Waals surface area contributed by atoms with Crippen LogP contribution < -0.4 is 5.73 Å². The Morgan fingerprint density at radius 2 is 1.47 bits per heavy atom. The van der Waals surface area contributed by atoms with Gasteiger partial charge in [-0.3, -0.25) is 0 Å². The van der Waals surface area contributed by atoms with E-state index < -0.39 is 0 Å². The Morgan fingerprint density at radius 1 is 1.07 bits per heavy atom. The maximum absolute atomic E-state index is 6.43. The second-order valence-corrected chi connectivity index (χ2v) is 5.21. The van der Waals surface area contributed by atoms with Crippen LogP contribution in [0, 0.1) is 26.7 Å². The third-order valence-corrected chi connectivity index (χ3v) is 3.42. The molecule has 0 heterocycles. The first-order valence-electron chi connectivity index (χ1n) is 5.64. The average Bonchev–Trinajstić information content (AvgIpc) is 2.00. The van der Waals surface area contributed by atoms with Gasteiger partial charge < -0.3 is 5.73 Å². The van der Waals surface area contributed by atoms with Gasteiger partial charge >= 0.3 is 0 Å². The predicted molar refractivity (Wildman–Crippen MR) is 67.0 cm³/mol. The fourth-order valence-corrected chi connectivity index (χ4v) is 2.32. The fourth-order valence-electron chi connectivity index (χ4n) is 2.32. The molecular weight excluding hydrogens is 182 g/mol. The fraction of sp³-hybridized carbons (Fsp3) is 0.571. The molecule has 0 aliphatic heterocycles. The number of rotatable bonds is 2. The van der Waals surface area contributed by atoms with Gasteiger partial charge in [0, 0.05) is 5.54 Å². The second-order valence-electron chi connectivity index (χ2n) is 5.21. The minimum Gasteiger partial charge on any atom is -0.321 e. The Balaban J connectivity index is 3.38. The average molecular weight is 205 g/mol. The summed E-state index contributed by atoms with van der Waals surface area (Å²) in [7, 11) is 0. The molecule has 0 aliphatic carbocycles. The van der Waals surface area contributed by atoms with E-state index in [1.54, 1.807) is 0 Å². The first kappa shape index (κ1) is 12.3. The topological polar surface area (TPSA) is 26.0 Å². The van der Waals surface area contributed by atoms with Gasteiger partial charge in [0.05, 0.1) is 0 Å². The lowest BCUT2D eigenvalue weighted by Gasteiger charge is -2.33. The molecule has 0 saturated carbocycles. The van der Waals surface area contributed by atoms with E-state index in [1.165, 1.54) is 22.3 Å². The first-order chi connectivity index (χ1) is 6.76. The van der Waals surface area contributed by atoms with Crippen LogP contribution >= 0.6 is 0 Å². The monoisotopic (exact) mass is 205 g/mol. The molecule has 0 amide bonds. The van der Waals surface area contributed by atoms with E-state index in [-0.39, 0.29) is 5.54 Å². The van der Waals surface area contributed by atoms with Crippen molar-refractivity contribution in [2.45, 2.75) is 47.1 Å². The number of aryl methyl sites for hydroxylation is 3. The minimum absolute atomic E-state index is 0.234. The van der Waals surface area contributed by atoms with Crippen molar-refractivity contribution in [1.29, 1.82) is 0 Å². The van der Waals surface area contributed by atoms with Crippen molar-refractivity contribution < 1.29 is 0 Å². The molecular formula is C14H23N. The standard InChI is InChI=1S/C14H23N/c1-9(2)14(6,15)13-11(4)7-10(3)8-12(13)5/h7-9H,15H2,1-6H3. The Hall–Kier alpha value is -0.820. The molecule has 15 heavy (non-hydrogen) atoms. The van der Waals surface area contributed by atoms with Crippen LogP contribution in [0.4, 0.5) is 0 Å². The highest BCUT2D eigenvalue weighted by molar-refractivity contribution is 5.42. The lowest BCUT2D eigenvalue weighted by Crippen LogP contribution is -2.40. The zero-order chi connectivity index (χ0) is 11.8. The molecule has 1 nitrogen and oxygen atoms in total. The molecule has 0 radical (unpaired) electrons. The molecule has 1 heteroatoms. The largest absolute Gasteiger partial charge is 0.321 e. The van der Waals surface area contributed by atoms with Gasteiger partial charge in [0.15, 0.2) is 0 Å². The van der Waals surface area contributed by atoms with Crippen LogP contribution in [0.3, 0.4) is 0 Å². The van der Waals surface area contributed by atoms with Crippen LogP contribution in [0.1, 0.15) is 43.0 Å². The minimum atomic E-state index is -0.234. The molecule has 0 aliphatic rings. The van der Waals surface area contributed by atoms with Crippen LogP contribution in [-0.4, -0.2) is 0 Å². The normalized spacial score (nSPS) is 15.5. The van der Waals surface area contributed by atoms with Crippen molar-refractivity contribution in [3.63, 3.8) is 0 Å². The zero-order valence-electron chi connectivity index (χ0n) is 10.8. The molecule has 1 rings (SSSR count). The number of benzene rings is 1. The van der Waals surface area contributed by atoms with Crippen molar-refractivity contribution in [3.05, 3.63) is 34.4 Å². The van der Waals surface area contributed by atoms with Crippen molar-refractivity contribution >= 4 is 0 Å². The number of nitrogens with two attached hydrogens (primary N) is 1. The molecule has 1 aromatic carbocycles. The summed E-state index contributed by atoms with van der Waals surface area (Å²) in [5, 5.41) is 0. The van der Waals surface area contributed by atoms with Crippen LogP contribution in [-0.2, 0) is 5.54 Å². The Bertz CT molecular complexity index is 339. The third kappa shape index (κ3) is 2.23. The molecule has 1 aromatic rings. The van der Waals surface area contributed by atoms with Crippen molar-refractivity contribution in [2.75, 3.05) is 0 Å². The summed E-state index contributed by atoms with van der Waals surface area (Å²) in [6, 6.07) is 4.44. The molecule has 0 spiro atoms. The third-order valence-electron chi connectivity index (χ3n) is 3.42. The SMILES string of the molecule is Cc1cc(C)c(C(C)(N)C(C)C)c(C)c1. The summed E-state index contributed by atoms with van der Waals surface area (Å²) in [5.41, 5.74) is 11.4. The summed E-state index contributed by atoms with van der Waals surface area (Å²) in [4.78, 5) is 0. The maximum Gasteiger partial charge on any atom is 0.0409 e. The van der Waals surface area contributed by atoms with Gasteiger partial charge in [0.1, 0.15) is 0 Å². The summed E-state index contributed by atoms with van der Waals surface area (Å²) in [6.45, 7) is 12.9. The molecule has 0 bridgehead atoms. The quantitative estimate of drug-likeness (QED) is 0.786. The molecule has 1 atom stereocenters. The Labute approximate surface area is 93.7 Å². The molecule has 84 valence electrons. The van der Waals surface area contributed by atoms with Gasteiger partial charge in [-0.05, 0) is 50.3 Å². The van der Waals surface area contributed by atoms with Crippen molar-refractivity contribution in [2.24, 2.45) is 11.7 Å². The van der Waals surface area contributed by atoms with Crippen LogP contribution in [0.15, 0.2) is 12.1 Å². The summed E-state index contributed by atoms with van der Waals surface area (Å²) >= 11 is 0. The van der Waals surface area contributed by atoms with E-state index >= 15 is 0 Å². The highest BCUT2D eigenvalue weighted by atomic mass is 14.7. The van der Waals surface area contributed by atoms with Crippen molar-refractivity contribution in [3.8, 4) is 0 Å². The molecule has 0 aromatic heterocycles. The lowest BCUT2D eigenvalue weighted by atomic mass is 9.78. The van der Waals surface area contributed by atoms with Crippen molar-refractivity contribution in [1.82, 2.24) is 0 Å². The second kappa shape index (κ2) is 3.97. The molecule has 2 N–H and O–H groups in total. The molecule has 0 saturated heterocycles. The van der Waals surface area contributed by atoms with E-state index in [0.29, 0.717) is 5.92 Å². The summed E-state index contributed by atoms with van der Waals surface area (Å²) in [5.74, 6) is 0.442. The van der Waals surface area contributed by atoms with E-state index in [9.17, 15) is 0 Å². The zero-order valence-corrected chi connectivity index (χ0v) is 10.8. The highest BCUT2D eigenvalue weighted by Crippen LogP contribution is 2.32. The van der Waals surface area contributed by atoms with E-state index in [2.05, 4.69) is 53.7 Å². The van der Waals surface area contributed by atoms with Gasteiger partial charge in [-0.15, -0.1) is 0 Å².